The van der Waals surface area contributed by atoms with Gasteiger partial charge in [-0.3, -0.25) is 9.59 Å². The second-order valence-electron chi connectivity index (χ2n) is 4.88. The lowest BCUT2D eigenvalue weighted by Crippen LogP contribution is -2.27. The third kappa shape index (κ3) is 2.23. The molecule has 1 aliphatic rings. The fourth-order valence-corrected chi connectivity index (χ4v) is 2.15. The van der Waals surface area contributed by atoms with Crippen LogP contribution in [0.15, 0.2) is 18.2 Å². The monoisotopic (exact) mass is 246 g/mol. The topological polar surface area (TPSA) is 49.4 Å². The first-order valence-corrected chi connectivity index (χ1v) is 6.21. The van der Waals surface area contributed by atoms with E-state index in [9.17, 15) is 9.59 Å². The van der Waals surface area contributed by atoms with Crippen molar-refractivity contribution in [3.63, 3.8) is 0 Å². The summed E-state index contributed by atoms with van der Waals surface area (Å²) in [4.78, 5) is 25.1. The number of amides is 2. The Balaban J connectivity index is 2.35. The zero-order chi connectivity index (χ0) is 13.3. The number of carbonyl (C=O) groups excluding carboxylic acids is 2. The van der Waals surface area contributed by atoms with Crippen molar-refractivity contribution in [1.29, 1.82) is 0 Å². The van der Waals surface area contributed by atoms with Crippen LogP contribution in [0.2, 0.25) is 0 Å². The predicted octanol–water partition coefficient (Wildman–Crippen LogP) is 2.19. The van der Waals surface area contributed by atoms with E-state index in [1.807, 2.05) is 32.0 Å². The van der Waals surface area contributed by atoms with Crippen LogP contribution in [-0.4, -0.2) is 18.4 Å². The molecule has 1 aromatic rings. The number of nitrogens with one attached hydrogen (secondary N) is 1. The van der Waals surface area contributed by atoms with Gasteiger partial charge in [0.05, 0.1) is 11.4 Å². The highest BCUT2D eigenvalue weighted by Gasteiger charge is 2.25. The molecule has 0 saturated carbocycles. The molecule has 1 N–H and O–H groups in total. The molecule has 1 aliphatic heterocycles. The summed E-state index contributed by atoms with van der Waals surface area (Å²) in [7, 11) is 0. The van der Waals surface area contributed by atoms with E-state index in [2.05, 4.69) is 5.32 Å². The minimum absolute atomic E-state index is 0.0139. The minimum atomic E-state index is -0.0759. The van der Waals surface area contributed by atoms with Crippen LogP contribution in [0.5, 0.6) is 0 Å². The van der Waals surface area contributed by atoms with E-state index >= 15 is 0 Å². The number of hydrogen-bond acceptors (Lipinski definition) is 2. The highest BCUT2D eigenvalue weighted by atomic mass is 16.2. The number of benzene rings is 1. The van der Waals surface area contributed by atoms with E-state index < -0.39 is 0 Å². The summed E-state index contributed by atoms with van der Waals surface area (Å²) in [6, 6.07) is 5.77. The van der Waals surface area contributed by atoms with Gasteiger partial charge in [-0.2, -0.15) is 0 Å². The number of para-hydroxylation sites is 1. The Kier molecular flexibility index (Phi) is 3.36. The van der Waals surface area contributed by atoms with Gasteiger partial charge in [0.25, 0.3) is 0 Å². The highest BCUT2D eigenvalue weighted by molar-refractivity contribution is 6.02. The Labute approximate surface area is 107 Å². The lowest BCUT2D eigenvalue weighted by Gasteiger charge is -2.19. The normalized spacial score (nSPS) is 13.7. The molecule has 2 amide bonds. The first kappa shape index (κ1) is 12.6. The molecule has 4 heteroatoms. The Morgan fingerprint density at radius 3 is 2.67 bits per heavy atom. The number of anilines is 2. The van der Waals surface area contributed by atoms with Gasteiger partial charge >= 0.3 is 0 Å². The smallest absolute Gasteiger partial charge is 0.226 e. The Hall–Kier alpha value is -1.84. The van der Waals surface area contributed by atoms with Gasteiger partial charge in [-0.15, -0.1) is 0 Å². The molecule has 18 heavy (non-hydrogen) atoms. The lowest BCUT2D eigenvalue weighted by atomic mass is 10.1. The maximum atomic E-state index is 11.8. The molecule has 0 fully saturated rings. The van der Waals surface area contributed by atoms with Gasteiger partial charge in [0, 0.05) is 19.4 Å². The SMILES string of the molecule is CC(=O)N1CCc2cccc(NC(=O)C(C)C)c21. The van der Waals surface area contributed by atoms with Crippen molar-refractivity contribution < 1.29 is 9.59 Å². The molecule has 1 aromatic carbocycles. The van der Waals surface area contributed by atoms with Crippen molar-refractivity contribution in [1.82, 2.24) is 0 Å². The van der Waals surface area contributed by atoms with Crippen LogP contribution >= 0.6 is 0 Å². The molecule has 0 aromatic heterocycles. The molecular formula is C14H18N2O2. The van der Waals surface area contributed by atoms with Gasteiger partial charge < -0.3 is 10.2 Å². The average molecular weight is 246 g/mol. The number of nitrogens with zero attached hydrogens (tertiary/aromatic N) is 1. The molecule has 0 spiro atoms. The molecule has 0 saturated heterocycles. The molecule has 96 valence electrons. The molecule has 0 bridgehead atoms. The van der Waals surface area contributed by atoms with E-state index in [1.54, 1.807) is 11.8 Å². The van der Waals surface area contributed by atoms with E-state index in [1.165, 1.54) is 0 Å². The maximum absolute atomic E-state index is 11.8. The Bertz CT molecular complexity index is 495. The molecule has 4 nitrogen and oxygen atoms in total. The van der Waals surface area contributed by atoms with Gasteiger partial charge in [0.1, 0.15) is 0 Å². The molecule has 0 atom stereocenters. The first-order chi connectivity index (χ1) is 8.50. The lowest BCUT2D eigenvalue weighted by molar-refractivity contribution is -0.119. The molecular weight excluding hydrogens is 228 g/mol. The molecule has 2 rings (SSSR count). The number of fused-ring (bicyclic) bond motifs is 1. The summed E-state index contributed by atoms with van der Waals surface area (Å²) in [6.45, 7) is 5.94. The fraction of sp³-hybridized carbons (Fsp3) is 0.429. The minimum Gasteiger partial charge on any atom is -0.324 e. The van der Waals surface area contributed by atoms with E-state index in [0.717, 1.165) is 23.4 Å². The predicted molar refractivity (Wildman–Crippen MR) is 71.6 cm³/mol. The highest BCUT2D eigenvalue weighted by Crippen LogP contribution is 2.35. The summed E-state index contributed by atoms with van der Waals surface area (Å²) in [6.07, 6.45) is 0.848. The molecule has 0 unspecified atom stereocenters. The second-order valence-corrected chi connectivity index (χ2v) is 4.88. The van der Waals surface area contributed by atoms with Crippen LogP contribution < -0.4 is 10.2 Å². The van der Waals surface area contributed by atoms with Crippen molar-refractivity contribution in [3.05, 3.63) is 23.8 Å². The van der Waals surface area contributed by atoms with Crippen molar-refractivity contribution >= 4 is 23.2 Å². The largest absolute Gasteiger partial charge is 0.324 e. The van der Waals surface area contributed by atoms with Crippen molar-refractivity contribution in [2.45, 2.75) is 27.2 Å². The summed E-state index contributed by atoms with van der Waals surface area (Å²) in [5.74, 6) is -0.0909. The van der Waals surface area contributed by atoms with E-state index in [-0.39, 0.29) is 17.7 Å². The summed E-state index contributed by atoms with van der Waals surface area (Å²) >= 11 is 0. The van der Waals surface area contributed by atoms with E-state index in [0.29, 0.717) is 6.54 Å². The summed E-state index contributed by atoms with van der Waals surface area (Å²) in [5.41, 5.74) is 2.71. The third-order valence-corrected chi connectivity index (χ3v) is 3.16. The van der Waals surface area contributed by atoms with Crippen LogP contribution in [0.3, 0.4) is 0 Å². The summed E-state index contributed by atoms with van der Waals surface area (Å²) in [5, 5.41) is 2.89. The fourth-order valence-electron chi connectivity index (χ4n) is 2.15. The zero-order valence-electron chi connectivity index (χ0n) is 11.0. The maximum Gasteiger partial charge on any atom is 0.226 e. The van der Waals surface area contributed by atoms with Crippen LogP contribution in [0, 0.1) is 5.92 Å². The van der Waals surface area contributed by atoms with Crippen molar-refractivity contribution in [3.8, 4) is 0 Å². The van der Waals surface area contributed by atoms with Crippen LogP contribution in [0.25, 0.3) is 0 Å². The van der Waals surface area contributed by atoms with Crippen molar-refractivity contribution in [2.24, 2.45) is 5.92 Å². The standard InChI is InChI=1S/C14H18N2O2/c1-9(2)14(18)15-12-6-4-5-11-7-8-16(10(3)17)13(11)12/h4-6,9H,7-8H2,1-3H3,(H,15,18). The molecule has 1 heterocycles. The third-order valence-electron chi connectivity index (χ3n) is 3.16. The van der Waals surface area contributed by atoms with Gasteiger partial charge in [-0.25, -0.2) is 0 Å². The first-order valence-electron chi connectivity index (χ1n) is 6.21. The molecule has 0 radical (unpaired) electrons. The van der Waals surface area contributed by atoms with Crippen LogP contribution in [-0.2, 0) is 16.0 Å². The van der Waals surface area contributed by atoms with Crippen molar-refractivity contribution in [2.75, 3.05) is 16.8 Å². The Morgan fingerprint density at radius 2 is 2.06 bits per heavy atom. The van der Waals surface area contributed by atoms with Crippen LogP contribution in [0.1, 0.15) is 26.3 Å². The van der Waals surface area contributed by atoms with Gasteiger partial charge in [-0.05, 0) is 18.1 Å². The van der Waals surface area contributed by atoms with Gasteiger partial charge in [0.2, 0.25) is 11.8 Å². The number of hydrogen-bond donors (Lipinski definition) is 1. The summed E-state index contributed by atoms with van der Waals surface area (Å²) < 4.78 is 0. The Morgan fingerprint density at radius 1 is 1.33 bits per heavy atom. The number of carbonyl (C=O) groups is 2. The van der Waals surface area contributed by atoms with Crippen LogP contribution in [0.4, 0.5) is 11.4 Å². The quantitative estimate of drug-likeness (QED) is 0.869. The molecule has 0 aliphatic carbocycles. The average Bonchev–Trinajstić information content (AvgIpc) is 2.73. The number of rotatable bonds is 2. The van der Waals surface area contributed by atoms with Gasteiger partial charge in [0.15, 0.2) is 0 Å². The zero-order valence-corrected chi connectivity index (χ0v) is 11.0. The second kappa shape index (κ2) is 4.80. The van der Waals surface area contributed by atoms with E-state index in [4.69, 9.17) is 0 Å². The van der Waals surface area contributed by atoms with Gasteiger partial charge in [-0.1, -0.05) is 26.0 Å².